The molecule has 8 nitrogen and oxygen atoms in total. The van der Waals surface area contributed by atoms with E-state index in [2.05, 4.69) is 10.6 Å². The number of methoxy groups -OCH3 is 2. The molecule has 0 radical (unpaired) electrons. The van der Waals surface area contributed by atoms with E-state index in [1.165, 1.54) is 25.2 Å². The number of hydrogen-bond acceptors (Lipinski definition) is 5. The lowest BCUT2D eigenvalue weighted by Gasteiger charge is -2.26. The predicted molar refractivity (Wildman–Crippen MR) is 81.5 cm³/mol. The second-order valence-electron chi connectivity index (χ2n) is 4.92. The van der Waals surface area contributed by atoms with Gasteiger partial charge in [0.05, 0.1) is 27.3 Å². The first-order valence-corrected chi connectivity index (χ1v) is 7.10. The fourth-order valence-electron chi connectivity index (χ4n) is 2.20. The Labute approximate surface area is 133 Å². The third kappa shape index (κ3) is 4.12. The molecule has 23 heavy (non-hydrogen) atoms. The first-order valence-electron chi connectivity index (χ1n) is 7.10. The average Bonchev–Trinajstić information content (AvgIpc) is 2.58. The Morgan fingerprint density at radius 3 is 2.65 bits per heavy atom. The normalized spacial score (nSPS) is 14.0. The highest BCUT2D eigenvalue weighted by Crippen LogP contribution is 2.27. The number of benzene rings is 1. The van der Waals surface area contributed by atoms with E-state index in [9.17, 15) is 14.4 Å². The van der Waals surface area contributed by atoms with Crippen LogP contribution in [0.5, 0.6) is 11.5 Å². The molecule has 0 aromatic heterocycles. The molecule has 1 saturated heterocycles. The van der Waals surface area contributed by atoms with Gasteiger partial charge >= 0.3 is 0 Å². The molecule has 2 N–H and O–H groups in total. The topological polar surface area (TPSA) is 97.0 Å². The van der Waals surface area contributed by atoms with Crippen LogP contribution in [-0.2, 0) is 9.59 Å². The third-order valence-corrected chi connectivity index (χ3v) is 3.44. The van der Waals surface area contributed by atoms with Crippen LogP contribution in [0.25, 0.3) is 0 Å². The van der Waals surface area contributed by atoms with Crippen LogP contribution >= 0.6 is 0 Å². The van der Waals surface area contributed by atoms with Gasteiger partial charge < -0.3 is 25.0 Å². The van der Waals surface area contributed by atoms with Crippen molar-refractivity contribution >= 4 is 17.7 Å². The summed E-state index contributed by atoms with van der Waals surface area (Å²) >= 11 is 0. The molecule has 1 aromatic carbocycles. The highest BCUT2D eigenvalue weighted by Gasteiger charge is 2.21. The maximum atomic E-state index is 12.1. The number of carbonyl (C=O) groups is 3. The number of nitrogens with one attached hydrogen (secondary N) is 2. The molecular formula is C15H19N3O5. The minimum Gasteiger partial charge on any atom is -0.493 e. The fraction of sp³-hybridized carbons (Fsp3) is 0.400. The summed E-state index contributed by atoms with van der Waals surface area (Å²) in [4.78, 5) is 36.8. The van der Waals surface area contributed by atoms with E-state index in [1.54, 1.807) is 12.1 Å². The van der Waals surface area contributed by atoms with E-state index in [0.717, 1.165) is 0 Å². The van der Waals surface area contributed by atoms with Crippen molar-refractivity contribution in [3.63, 3.8) is 0 Å². The molecule has 1 aliphatic rings. The van der Waals surface area contributed by atoms with Gasteiger partial charge in [0, 0.05) is 18.7 Å². The van der Waals surface area contributed by atoms with Gasteiger partial charge in [0.2, 0.25) is 11.8 Å². The summed E-state index contributed by atoms with van der Waals surface area (Å²) in [7, 11) is 2.98. The van der Waals surface area contributed by atoms with Crippen molar-refractivity contribution in [1.29, 1.82) is 0 Å². The minimum atomic E-state index is -0.402. The molecule has 1 aromatic rings. The van der Waals surface area contributed by atoms with Crippen molar-refractivity contribution in [3.8, 4) is 11.5 Å². The SMILES string of the molecule is COc1ccc(C(=O)NCC(=O)N2CCNC(=O)C2)cc1OC. The second-order valence-corrected chi connectivity index (χ2v) is 4.92. The lowest BCUT2D eigenvalue weighted by Crippen LogP contribution is -2.52. The minimum absolute atomic E-state index is 0.0189. The van der Waals surface area contributed by atoms with E-state index in [-0.39, 0.29) is 24.9 Å². The molecule has 1 fully saturated rings. The third-order valence-electron chi connectivity index (χ3n) is 3.44. The summed E-state index contributed by atoms with van der Waals surface area (Å²) in [6.07, 6.45) is 0. The molecule has 2 rings (SSSR count). The Morgan fingerprint density at radius 1 is 1.26 bits per heavy atom. The van der Waals surface area contributed by atoms with Crippen molar-refractivity contribution < 1.29 is 23.9 Å². The monoisotopic (exact) mass is 321 g/mol. The first-order chi connectivity index (χ1) is 11.0. The largest absolute Gasteiger partial charge is 0.493 e. The quantitative estimate of drug-likeness (QED) is 0.754. The molecule has 1 heterocycles. The van der Waals surface area contributed by atoms with Gasteiger partial charge in [-0.15, -0.1) is 0 Å². The predicted octanol–water partition coefficient (Wildman–Crippen LogP) is -0.608. The lowest BCUT2D eigenvalue weighted by molar-refractivity contribution is -0.137. The molecular weight excluding hydrogens is 302 g/mol. The van der Waals surface area contributed by atoms with E-state index in [0.29, 0.717) is 30.2 Å². The van der Waals surface area contributed by atoms with Crippen LogP contribution in [-0.4, -0.2) is 63.0 Å². The van der Waals surface area contributed by atoms with E-state index < -0.39 is 5.91 Å². The highest BCUT2D eigenvalue weighted by atomic mass is 16.5. The summed E-state index contributed by atoms with van der Waals surface area (Å²) in [5, 5.41) is 5.18. The average molecular weight is 321 g/mol. The smallest absolute Gasteiger partial charge is 0.251 e. The molecule has 0 saturated carbocycles. The molecule has 0 atom stereocenters. The lowest BCUT2D eigenvalue weighted by atomic mass is 10.2. The van der Waals surface area contributed by atoms with Crippen molar-refractivity contribution in [1.82, 2.24) is 15.5 Å². The van der Waals surface area contributed by atoms with Crippen LogP contribution in [0.3, 0.4) is 0 Å². The van der Waals surface area contributed by atoms with Gasteiger partial charge in [-0.1, -0.05) is 0 Å². The number of amides is 3. The number of hydrogen-bond donors (Lipinski definition) is 2. The standard InChI is InChI=1S/C15H19N3O5/c1-22-11-4-3-10(7-12(11)23-2)15(21)17-8-14(20)18-6-5-16-13(19)9-18/h3-4,7H,5-6,8-9H2,1-2H3,(H,16,19)(H,17,21). The van der Waals surface area contributed by atoms with Crippen molar-refractivity contribution in [2.75, 3.05) is 40.4 Å². The van der Waals surface area contributed by atoms with Crippen LogP contribution in [0.4, 0.5) is 0 Å². The number of rotatable bonds is 5. The molecule has 8 heteroatoms. The molecule has 0 unspecified atom stereocenters. The van der Waals surface area contributed by atoms with Crippen molar-refractivity contribution in [2.24, 2.45) is 0 Å². The van der Waals surface area contributed by atoms with E-state index in [4.69, 9.17) is 9.47 Å². The molecule has 124 valence electrons. The van der Waals surface area contributed by atoms with Gasteiger partial charge in [-0.05, 0) is 18.2 Å². The van der Waals surface area contributed by atoms with E-state index >= 15 is 0 Å². The van der Waals surface area contributed by atoms with E-state index in [1.807, 2.05) is 0 Å². The highest BCUT2D eigenvalue weighted by molar-refractivity contribution is 5.97. The van der Waals surface area contributed by atoms with Crippen LogP contribution in [0, 0.1) is 0 Å². The van der Waals surface area contributed by atoms with Gasteiger partial charge in [-0.3, -0.25) is 14.4 Å². The number of carbonyl (C=O) groups excluding carboxylic acids is 3. The van der Waals surface area contributed by atoms with Gasteiger partial charge in [-0.2, -0.15) is 0 Å². The molecule has 0 aliphatic carbocycles. The molecule has 3 amide bonds. The Morgan fingerprint density at radius 2 is 2.00 bits per heavy atom. The summed E-state index contributed by atoms with van der Waals surface area (Å²) in [5.74, 6) is 0.0453. The Kier molecular flexibility index (Phi) is 5.40. The number of piperazine rings is 1. The van der Waals surface area contributed by atoms with Gasteiger partial charge in [0.25, 0.3) is 5.91 Å². The summed E-state index contributed by atoms with van der Waals surface area (Å²) in [5.41, 5.74) is 0.354. The maximum Gasteiger partial charge on any atom is 0.251 e. The van der Waals surface area contributed by atoms with Crippen LogP contribution in [0.15, 0.2) is 18.2 Å². The zero-order chi connectivity index (χ0) is 16.8. The molecule has 0 bridgehead atoms. The van der Waals surface area contributed by atoms with Gasteiger partial charge in [0.1, 0.15) is 0 Å². The fourth-order valence-corrected chi connectivity index (χ4v) is 2.20. The molecule has 0 spiro atoms. The van der Waals surface area contributed by atoms with Crippen LogP contribution in [0.2, 0.25) is 0 Å². The maximum absolute atomic E-state index is 12.1. The van der Waals surface area contributed by atoms with Crippen molar-refractivity contribution in [3.05, 3.63) is 23.8 Å². The zero-order valence-electron chi connectivity index (χ0n) is 13.0. The number of ether oxygens (including phenoxy) is 2. The summed E-state index contributed by atoms with van der Waals surface area (Å²) < 4.78 is 10.2. The first kappa shape index (κ1) is 16.6. The summed E-state index contributed by atoms with van der Waals surface area (Å²) in [6.45, 7) is 0.719. The zero-order valence-corrected chi connectivity index (χ0v) is 13.0. The van der Waals surface area contributed by atoms with Crippen LogP contribution < -0.4 is 20.1 Å². The Bertz CT molecular complexity index is 617. The number of nitrogens with zero attached hydrogens (tertiary/aromatic N) is 1. The molecule has 1 aliphatic heterocycles. The summed E-state index contributed by atoms with van der Waals surface area (Å²) in [6, 6.07) is 4.73. The Balaban J connectivity index is 1.94. The van der Waals surface area contributed by atoms with Gasteiger partial charge in [0.15, 0.2) is 11.5 Å². The van der Waals surface area contributed by atoms with Crippen LogP contribution in [0.1, 0.15) is 10.4 Å². The van der Waals surface area contributed by atoms with Crippen molar-refractivity contribution in [2.45, 2.75) is 0 Å². The second kappa shape index (κ2) is 7.48. The van der Waals surface area contributed by atoms with Gasteiger partial charge in [-0.25, -0.2) is 0 Å². The Hall–Kier alpha value is -2.77.